The van der Waals surface area contributed by atoms with Gasteiger partial charge in [0.2, 0.25) is 0 Å². The van der Waals surface area contributed by atoms with Crippen LogP contribution in [0, 0.1) is 5.92 Å². The highest BCUT2D eigenvalue weighted by Crippen LogP contribution is 2.43. The summed E-state index contributed by atoms with van der Waals surface area (Å²) in [5, 5.41) is 0. The van der Waals surface area contributed by atoms with E-state index in [0.717, 1.165) is 22.1 Å². The van der Waals surface area contributed by atoms with E-state index >= 15 is 0 Å². The quantitative estimate of drug-likeness (QED) is 0.802. The molecule has 0 saturated carbocycles. The lowest BCUT2D eigenvalue weighted by atomic mass is 9.87. The number of anilines is 1. The summed E-state index contributed by atoms with van der Waals surface area (Å²) < 4.78 is 33.5. The van der Waals surface area contributed by atoms with Crippen molar-refractivity contribution in [2.75, 3.05) is 24.5 Å². The van der Waals surface area contributed by atoms with Gasteiger partial charge in [0.1, 0.15) is 0 Å². The fraction of sp³-hybridized carbons (Fsp3) is 0.333. The third kappa shape index (κ3) is 2.02. The molecule has 1 N–H and O–H groups in total. The van der Waals surface area contributed by atoms with Gasteiger partial charge >= 0.3 is 10.3 Å². The Bertz CT molecular complexity index is 767. The Morgan fingerprint density at radius 3 is 2.90 bits per heavy atom. The average Bonchev–Trinajstić information content (AvgIpc) is 2.81. The van der Waals surface area contributed by atoms with Crippen LogP contribution in [0.1, 0.15) is 11.1 Å². The lowest BCUT2D eigenvalue weighted by Gasteiger charge is -2.36. The Balaban J connectivity index is 1.85. The number of hydrogen-bond donors (Lipinski definition) is 1. The van der Waals surface area contributed by atoms with Crippen molar-refractivity contribution in [3.05, 3.63) is 47.6 Å². The first kappa shape index (κ1) is 13.1. The minimum absolute atomic E-state index is 0.226. The van der Waals surface area contributed by atoms with E-state index in [-0.39, 0.29) is 6.54 Å². The van der Waals surface area contributed by atoms with E-state index in [2.05, 4.69) is 29.2 Å². The van der Waals surface area contributed by atoms with Crippen LogP contribution in [-0.2, 0) is 16.8 Å². The van der Waals surface area contributed by atoms with Crippen LogP contribution in [-0.4, -0.2) is 36.9 Å². The highest BCUT2D eigenvalue weighted by atomic mass is 32.2. The van der Waals surface area contributed by atoms with Gasteiger partial charge in [-0.3, -0.25) is 4.55 Å². The van der Waals surface area contributed by atoms with Gasteiger partial charge in [0.15, 0.2) is 0 Å². The van der Waals surface area contributed by atoms with Gasteiger partial charge in [0, 0.05) is 43.3 Å². The monoisotopic (exact) mass is 304 g/mol. The number of allylic oxidation sites excluding steroid dienone is 2. The maximum absolute atomic E-state index is 11.5. The summed E-state index contributed by atoms with van der Waals surface area (Å²) >= 11 is 0. The molecule has 21 heavy (non-hydrogen) atoms. The van der Waals surface area contributed by atoms with Crippen LogP contribution < -0.4 is 4.90 Å². The molecule has 0 spiro atoms. The molecule has 110 valence electrons. The lowest BCUT2D eigenvalue weighted by molar-refractivity contribution is 0.354. The van der Waals surface area contributed by atoms with E-state index in [4.69, 9.17) is 0 Å². The van der Waals surface area contributed by atoms with Crippen molar-refractivity contribution in [3.63, 3.8) is 0 Å². The van der Waals surface area contributed by atoms with Gasteiger partial charge in [0.05, 0.1) is 0 Å². The second kappa shape index (κ2) is 4.43. The highest BCUT2D eigenvalue weighted by molar-refractivity contribution is 7.83. The largest absolute Gasteiger partial charge is 0.369 e. The molecule has 2 aliphatic heterocycles. The van der Waals surface area contributed by atoms with E-state index < -0.39 is 10.3 Å². The minimum atomic E-state index is -4.16. The SMILES string of the molecule is O=S(=O)(O)N1CCN2CC3C=CC=C3c3cccc(c32)C1. The second-order valence-electron chi connectivity index (χ2n) is 5.68. The fourth-order valence-corrected chi connectivity index (χ4v) is 4.14. The van der Waals surface area contributed by atoms with Crippen molar-refractivity contribution in [1.82, 2.24) is 4.31 Å². The molecule has 0 aromatic heterocycles. The molecule has 0 bridgehead atoms. The lowest BCUT2D eigenvalue weighted by Crippen LogP contribution is -2.38. The zero-order valence-corrected chi connectivity index (χ0v) is 12.3. The zero-order chi connectivity index (χ0) is 14.6. The first-order chi connectivity index (χ1) is 10.0. The molecule has 1 aromatic carbocycles. The van der Waals surface area contributed by atoms with Crippen molar-refractivity contribution in [3.8, 4) is 0 Å². The fourth-order valence-electron chi connectivity index (χ4n) is 3.52. The average molecular weight is 304 g/mol. The molecule has 4 rings (SSSR count). The molecule has 0 fully saturated rings. The molecule has 1 atom stereocenters. The van der Waals surface area contributed by atoms with E-state index in [0.29, 0.717) is 19.0 Å². The van der Waals surface area contributed by atoms with Crippen molar-refractivity contribution < 1.29 is 13.0 Å². The Morgan fingerprint density at radius 1 is 1.24 bits per heavy atom. The van der Waals surface area contributed by atoms with Crippen LogP contribution in [0.25, 0.3) is 5.57 Å². The standard InChI is InChI=1S/C15H16N2O3S/c18-21(19,20)17-8-7-16-9-11-3-1-5-13(11)14-6-2-4-12(10-17)15(14)16/h1-6,11H,7-10H2,(H,18,19,20). The molecule has 1 unspecified atom stereocenters. The molecule has 0 amide bonds. The normalized spacial score (nSPS) is 24.3. The summed E-state index contributed by atoms with van der Waals surface area (Å²) in [6.07, 6.45) is 6.43. The van der Waals surface area contributed by atoms with Crippen LogP contribution in [0.3, 0.4) is 0 Å². The van der Waals surface area contributed by atoms with Crippen molar-refractivity contribution in [2.45, 2.75) is 6.54 Å². The highest BCUT2D eigenvalue weighted by Gasteiger charge is 2.34. The van der Waals surface area contributed by atoms with E-state index in [1.165, 1.54) is 11.1 Å². The molecule has 6 heteroatoms. The Hall–Kier alpha value is -1.63. The predicted octanol–water partition coefficient (Wildman–Crippen LogP) is 1.69. The molecular formula is C15H16N2O3S. The second-order valence-corrected chi connectivity index (χ2v) is 7.10. The predicted molar refractivity (Wildman–Crippen MR) is 81.2 cm³/mol. The molecule has 3 aliphatic rings. The number of nitrogens with zero attached hydrogens (tertiary/aromatic N) is 2. The number of fused-ring (bicyclic) bond motifs is 2. The smallest absolute Gasteiger partial charge is 0.336 e. The number of hydrogen-bond acceptors (Lipinski definition) is 3. The number of para-hydroxylation sites is 1. The van der Waals surface area contributed by atoms with E-state index in [9.17, 15) is 13.0 Å². The third-order valence-corrected chi connectivity index (χ3v) is 5.44. The molecular weight excluding hydrogens is 288 g/mol. The maximum atomic E-state index is 11.5. The maximum Gasteiger partial charge on any atom is 0.336 e. The summed E-state index contributed by atoms with van der Waals surface area (Å²) in [6, 6.07) is 6.00. The Morgan fingerprint density at radius 2 is 2.10 bits per heavy atom. The van der Waals surface area contributed by atoms with Crippen molar-refractivity contribution >= 4 is 21.6 Å². The number of benzene rings is 1. The molecule has 1 aliphatic carbocycles. The van der Waals surface area contributed by atoms with Gasteiger partial charge < -0.3 is 4.90 Å². The van der Waals surface area contributed by atoms with Gasteiger partial charge in [-0.2, -0.15) is 12.7 Å². The molecule has 1 aromatic rings. The van der Waals surface area contributed by atoms with Crippen LogP contribution in [0.4, 0.5) is 5.69 Å². The first-order valence-corrected chi connectivity index (χ1v) is 8.42. The molecule has 0 saturated heterocycles. The summed E-state index contributed by atoms with van der Waals surface area (Å²) in [4.78, 5) is 2.24. The summed E-state index contributed by atoms with van der Waals surface area (Å²) in [5.41, 5.74) is 4.57. The topological polar surface area (TPSA) is 60.9 Å². The Kier molecular flexibility index (Phi) is 2.76. The first-order valence-electron chi connectivity index (χ1n) is 7.02. The third-order valence-electron chi connectivity index (χ3n) is 4.47. The van der Waals surface area contributed by atoms with Crippen LogP contribution >= 0.6 is 0 Å². The molecule has 5 nitrogen and oxygen atoms in total. The molecule has 2 heterocycles. The van der Waals surface area contributed by atoms with Crippen LogP contribution in [0.5, 0.6) is 0 Å². The number of rotatable bonds is 1. The van der Waals surface area contributed by atoms with Gasteiger partial charge in [-0.15, -0.1) is 0 Å². The summed E-state index contributed by atoms with van der Waals surface area (Å²) in [6.45, 7) is 2.00. The van der Waals surface area contributed by atoms with E-state index in [1.54, 1.807) is 0 Å². The van der Waals surface area contributed by atoms with Gasteiger partial charge in [-0.05, 0) is 11.1 Å². The molecule has 0 radical (unpaired) electrons. The summed E-state index contributed by atoms with van der Waals surface area (Å²) in [5.74, 6) is 0.380. The van der Waals surface area contributed by atoms with Gasteiger partial charge in [0.25, 0.3) is 0 Å². The Labute approximate surface area is 124 Å². The van der Waals surface area contributed by atoms with Crippen molar-refractivity contribution in [2.24, 2.45) is 5.92 Å². The van der Waals surface area contributed by atoms with Crippen LogP contribution in [0.2, 0.25) is 0 Å². The van der Waals surface area contributed by atoms with E-state index in [1.807, 2.05) is 12.1 Å². The van der Waals surface area contributed by atoms with Gasteiger partial charge in [-0.1, -0.05) is 36.4 Å². The summed E-state index contributed by atoms with van der Waals surface area (Å²) in [7, 11) is -4.16. The van der Waals surface area contributed by atoms with Gasteiger partial charge in [-0.25, -0.2) is 0 Å². The van der Waals surface area contributed by atoms with Crippen LogP contribution in [0.15, 0.2) is 36.4 Å². The zero-order valence-electron chi connectivity index (χ0n) is 11.4. The van der Waals surface area contributed by atoms with Crippen molar-refractivity contribution in [1.29, 1.82) is 0 Å². The minimum Gasteiger partial charge on any atom is -0.369 e.